The average Bonchev–Trinajstić information content (AvgIpc) is 3.43. The monoisotopic (exact) mass is 557 g/mol. The quantitative estimate of drug-likeness (QED) is 0.347. The predicted octanol–water partition coefficient (Wildman–Crippen LogP) is 1.29. The topological polar surface area (TPSA) is 127 Å². The molecule has 3 heterocycles. The number of hydrogen-bond donors (Lipinski definition) is 1. The zero-order valence-corrected chi connectivity index (χ0v) is 22.5. The van der Waals surface area contributed by atoms with Crippen molar-refractivity contribution in [2.24, 2.45) is 0 Å². The zero-order chi connectivity index (χ0) is 27.6. The van der Waals surface area contributed by atoms with Gasteiger partial charge in [0.05, 0.1) is 32.1 Å². The molecule has 4 atom stereocenters. The van der Waals surface area contributed by atoms with Gasteiger partial charge in [-0.15, -0.1) is 0 Å². The molecule has 0 radical (unpaired) electrons. The summed E-state index contributed by atoms with van der Waals surface area (Å²) in [6, 6.07) is 18.4. The Morgan fingerprint density at radius 2 is 1.67 bits per heavy atom. The molecule has 0 unspecified atom stereocenters. The van der Waals surface area contributed by atoms with Gasteiger partial charge in [0.1, 0.15) is 18.4 Å². The minimum absolute atomic E-state index is 0.228. The van der Waals surface area contributed by atoms with Gasteiger partial charge in [-0.3, -0.25) is 13.5 Å². The third-order valence-electron chi connectivity index (χ3n) is 6.91. The summed E-state index contributed by atoms with van der Waals surface area (Å²) in [5.41, 5.74) is -0.0911. The number of aryl methyl sites for hydroxylation is 1. The highest BCUT2D eigenvalue weighted by molar-refractivity contribution is 7.85. The van der Waals surface area contributed by atoms with E-state index in [2.05, 4.69) is 5.32 Å². The highest BCUT2D eigenvalue weighted by Gasteiger charge is 2.62. The number of fused-ring (bicyclic) bond motifs is 2. The molecule has 1 aromatic heterocycles. The second-order valence-electron chi connectivity index (χ2n) is 9.86. The van der Waals surface area contributed by atoms with Crippen LogP contribution in [0.15, 0.2) is 76.4 Å². The number of ether oxygens (including phenoxy) is 3. The van der Waals surface area contributed by atoms with Crippen molar-refractivity contribution in [2.75, 3.05) is 19.4 Å². The Morgan fingerprint density at radius 3 is 2.31 bits per heavy atom. The molecule has 1 N–H and O–H groups in total. The molecule has 5 rings (SSSR count). The van der Waals surface area contributed by atoms with Gasteiger partial charge in [0.25, 0.3) is 15.7 Å². The molecule has 39 heavy (non-hydrogen) atoms. The van der Waals surface area contributed by atoms with Crippen molar-refractivity contribution in [2.45, 2.75) is 50.8 Å². The molecule has 2 aliphatic rings. The number of rotatable bonds is 11. The second-order valence-corrected chi connectivity index (χ2v) is 11.5. The van der Waals surface area contributed by atoms with Gasteiger partial charge >= 0.3 is 5.69 Å². The molecular formula is C27H31N3O8S. The number of morpholine rings is 1. The standard InChI is InChI=1S/C27H31N3O8S/c1-19-13-29(26(32)30(24(19)31)18-35-14-20-9-5-3-6-10-20)25-22-23(36-15-21-11-7-4-8-12-21)27(38-25,16-28-22)17-37-39(2,33)34/h3-13,22-23,25,28H,14-18H2,1-2H3/t22-,23-,25-,27-/m1/s1. The third kappa shape index (κ3) is 5.91. The molecule has 0 spiro atoms. The number of nitrogens with one attached hydrogen (secondary N) is 1. The maximum Gasteiger partial charge on any atom is 0.335 e. The summed E-state index contributed by atoms with van der Waals surface area (Å²) in [7, 11) is -3.77. The van der Waals surface area contributed by atoms with E-state index >= 15 is 0 Å². The Kier molecular flexibility index (Phi) is 7.85. The first kappa shape index (κ1) is 27.4. The summed E-state index contributed by atoms with van der Waals surface area (Å²) in [5, 5.41) is 3.31. The molecule has 0 amide bonds. The van der Waals surface area contributed by atoms with Crippen LogP contribution < -0.4 is 16.6 Å². The van der Waals surface area contributed by atoms with Gasteiger partial charge < -0.3 is 19.5 Å². The average molecular weight is 558 g/mol. The highest BCUT2D eigenvalue weighted by Crippen LogP contribution is 2.43. The summed E-state index contributed by atoms with van der Waals surface area (Å²) < 4.78 is 49.5. The lowest BCUT2D eigenvalue weighted by Gasteiger charge is -2.32. The van der Waals surface area contributed by atoms with Crippen LogP contribution in [0.4, 0.5) is 0 Å². The Balaban J connectivity index is 1.42. The van der Waals surface area contributed by atoms with Crippen molar-refractivity contribution in [3.63, 3.8) is 0 Å². The smallest absolute Gasteiger partial charge is 0.335 e. The number of aromatic nitrogens is 2. The van der Waals surface area contributed by atoms with Crippen LogP contribution >= 0.6 is 0 Å². The lowest BCUT2D eigenvalue weighted by Crippen LogP contribution is -2.50. The summed E-state index contributed by atoms with van der Waals surface area (Å²) in [6.07, 6.45) is 0.904. The van der Waals surface area contributed by atoms with E-state index in [0.717, 1.165) is 21.9 Å². The predicted molar refractivity (Wildman–Crippen MR) is 141 cm³/mol. The van der Waals surface area contributed by atoms with E-state index in [1.165, 1.54) is 10.8 Å². The number of nitrogens with zero attached hydrogens (tertiary/aromatic N) is 2. The van der Waals surface area contributed by atoms with Gasteiger partial charge in [0, 0.05) is 18.3 Å². The lowest BCUT2D eigenvalue weighted by atomic mass is 10.00. The molecule has 0 saturated carbocycles. The van der Waals surface area contributed by atoms with Crippen LogP contribution in [0.2, 0.25) is 0 Å². The van der Waals surface area contributed by atoms with E-state index in [-0.39, 0.29) is 33.1 Å². The zero-order valence-electron chi connectivity index (χ0n) is 21.7. The van der Waals surface area contributed by atoms with E-state index in [9.17, 15) is 18.0 Å². The highest BCUT2D eigenvalue weighted by atomic mass is 32.2. The summed E-state index contributed by atoms with van der Waals surface area (Å²) in [5.74, 6) is 0. The van der Waals surface area contributed by atoms with E-state index in [1.54, 1.807) is 6.92 Å². The first-order chi connectivity index (χ1) is 18.7. The normalized spacial score (nSPS) is 24.3. The van der Waals surface area contributed by atoms with Crippen LogP contribution in [0, 0.1) is 6.92 Å². The molecule has 208 valence electrons. The van der Waals surface area contributed by atoms with E-state index in [4.69, 9.17) is 18.4 Å². The van der Waals surface area contributed by atoms with Crippen LogP contribution in [-0.2, 0) is 48.5 Å². The molecule has 2 aromatic carbocycles. The van der Waals surface area contributed by atoms with Gasteiger partial charge in [0.15, 0.2) is 6.23 Å². The molecule has 0 aliphatic carbocycles. The molecule has 2 aliphatic heterocycles. The van der Waals surface area contributed by atoms with E-state index < -0.39 is 45.3 Å². The molecular weight excluding hydrogens is 526 g/mol. The third-order valence-corrected chi connectivity index (χ3v) is 7.45. The minimum atomic E-state index is -3.77. The summed E-state index contributed by atoms with van der Waals surface area (Å²) >= 11 is 0. The van der Waals surface area contributed by atoms with Crippen LogP contribution in [0.5, 0.6) is 0 Å². The Labute approximate surface area is 226 Å². The largest absolute Gasteiger partial charge is 0.369 e. The van der Waals surface area contributed by atoms with Gasteiger partial charge in [-0.05, 0) is 18.1 Å². The minimum Gasteiger partial charge on any atom is -0.369 e. The fourth-order valence-electron chi connectivity index (χ4n) is 5.00. The number of hydrogen-bond acceptors (Lipinski definition) is 9. The Morgan fingerprint density at radius 1 is 1.03 bits per heavy atom. The molecule has 2 fully saturated rings. The van der Waals surface area contributed by atoms with Crippen LogP contribution in [0.3, 0.4) is 0 Å². The Hall–Kier alpha value is -3.13. The Bertz CT molecular complexity index is 1520. The summed E-state index contributed by atoms with van der Waals surface area (Å²) in [4.78, 5) is 26.4. The summed E-state index contributed by atoms with van der Waals surface area (Å²) in [6.45, 7) is 1.82. The number of benzene rings is 2. The second kappa shape index (κ2) is 11.2. The molecule has 11 nitrogen and oxygen atoms in total. The van der Waals surface area contributed by atoms with E-state index in [0.29, 0.717) is 5.56 Å². The van der Waals surface area contributed by atoms with Crippen molar-refractivity contribution >= 4 is 10.1 Å². The SMILES string of the molecule is Cc1cn([C@@H]2O[C@@]3(COS(C)(=O)=O)CN[C@@H]2[C@H]3OCc2ccccc2)c(=O)n(COCc2ccccc2)c1=O. The molecule has 12 heteroatoms. The first-order valence-electron chi connectivity index (χ1n) is 12.5. The van der Waals surface area contributed by atoms with Crippen molar-refractivity contribution in [1.29, 1.82) is 0 Å². The lowest BCUT2D eigenvalue weighted by molar-refractivity contribution is -0.137. The van der Waals surface area contributed by atoms with Crippen LogP contribution in [0.1, 0.15) is 22.9 Å². The fraction of sp³-hybridized carbons (Fsp3) is 0.407. The maximum atomic E-state index is 13.5. The van der Waals surface area contributed by atoms with Crippen LogP contribution in [-0.4, -0.2) is 54.7 Å². The maximum absolute atomic E-state index is 13.5. The van der Waals surface area contributed by atoms with Gasteiger partial charge in [-0.25, -0.2) is 9.36 Å². The molecule has 2 bridgehead atoms. The first-order valence-corrected chi connectivity index (χ1v) is 14.3. The van der Waals surface area contributed by atoms with Gasteiger partial charge in [0.2, 0.25) is 0 Å². The van der Waals surface area contributed by atoms with Crippen molar-refractivity contribution < 1.29 is 26.8 Å². The van der Waals surface area contributed by atoms with Crippen LogP contribution in [0.25, 0.3) is 0 Å². The van der Waals surface area contributed by atoms with Crippen molar-refractivity contribution in [1.82, 2.24) is 14.5 Å². The van der Waals surface area contributed by atoms with Gasteiger partial charge in [-0.1, -0.05) is 60.7 Å². The fourth-order valence-corrected chi connectivity index (χ4v) is 5.41. The molecule has 2 saturated heterocycles. The van der Waals surface area contributed by atoms with Gasteiger partial charge in [-0.2, -0.15) is 8.42 Å². The van der Waals surface area contributed by atoms with Crippen molar-refractivity contribution in [3.8, 4) is 0 Å². The molecule has 3 aromatic rings. The van der Waals surface area contributed by atoms with E-state index in [1.807, 2.05) is 60.7 Å². The van der Waals surface area contributed by atoms with Crippen molar-refractivity contribution in [3.05, 3.63) is 104 Å².